The number of urea groups is 1. The Morgan fingerprint density at radius 1 is 1.00 bits per heavy atom. The first-order valence-electron chi connectivity index (χ1n) is 10.8. The minimum atomic E-state index is -0.0532. The second-order valence-electron chi connectivity index (χ2n) is 8.90. The molecule has 0 saturated heterocycles. The molecule has 1 aromatic rings. The zero-order valence-electron chi connectivity index (χ0n) is 16.5. The number of amides is 2. The summed E-state index contributed by atoms with van der Waals surface area (Å²) in [7, 11) is 0. The minimum Gasteiger partial charge on any atom is -0.319 e. The number of carbonyl (C=O) groups is 2. The van der Waals surface area contributed by atoms with Crippen LogP contribution < -0.4 is 5.32 Å². The monoisotopic (exact) mass is 423 g/mol. The van der Waals surface area contributed by atoms with E-state index in [2.05, 4.69) is 22.1 Å². The molecule has 1 N–H and O–H groups in total. The largest absolute Gasteiger partial charge is 0.324 e. The van der Waals surface area contributed by atoms with Gasteiger partial charge in [-0.2, -0.15) is 0 Å². The molecule has 1 aromatic heterocycles. The second-order valence-corrected chi connectivity index (χ2v) is 10.6. The predicted octanol–water partition coefficient (Wildman–Crippen LogP) is 5.75. The highest BCUT2D eigenvalue weighted by atomic mass is 35.5. The van der Waals surface area contributed by atoms with Crippen LogP contribution in [0.4, 0.5) is 9.93 Å². The van der Waals surface area contributed by atoms with E-state index in [0.29, 0.717) is 21.2 Å². The zero-order valence-corrected chi connectivity index (χ0v) is 18.1. The number of hydrogen-bond donors (Lipinski definition) is 1. The van der Waals surface area contributed by atoms with E-state index in [1.807, 2.05) is 0 Å². The molecule has 28 heavy (non-hydrogen) atoms. The van der Waals surface area contributed by atoms with Gasteiger partial charge in [0.2, 0.25) is 0 Å². The molecule has 0 bridgehead atoms. The number of rotatable bonds is 5. The summed E-state index contributed by atoms with van der Waals surface area (Å²) in [6.45, 7) is 2.30. The maximum Gasteiger partial charge on any atom is 0.324 e. The van der Waals surface area contributed by atoms with Crippen molar-refractivity contribution >= 4 is 39.9 Å². The van der Waals surface area contributed by atoms with Crippen molar-refractivity contribution in [2.45, 2.75) is 83.2 Å². The third-order valence-electron chi connectivity index (χ3n) is 6.78. The molecule has 2 amide bonds. The number of anilines is 1. The van der Waals surface area contributed by atoms with Gasteiger partial charge >= 0.3 is 6.03 Å². The molecule has 0 spiro atoms. The van der Waals surface area contributed by atoms with Crippen molar-refractivity contribution in [3.05, 3.63) is 10.5 Å². The van der Waals surface area contributed by atoms with E-state index in [-0.39, 0.29) is 24.0 Å². The summed E-state index contributed by atoms with van der Waals surface area (Å²) in [6.07, 6.45) is 11.9. The van der Waals surface area contributed by atoms with Gasteiger partial charge in [-0.05, 0) is 70.1 Å². The minimum absolute atomic E-state index is 0.0532. The van der Waals surface area contributed by atoms with Crippen molar-refractivity contribution in [1.29, 1.82) is 0 Å². The molecule has 5 nitrogen and oxygen atoms in total. The van der Waals surface area contributed by atoms with E-state index in [9.17, 15) is 9.59 Å². The highest BCUT2D eigenvalue weighted by Gasteiger charge is 2.40. The molecule has 1 heterocycles. The summed E-state index contributed by atoms with van der Waals surface area (Å²) < 4.78 is 0.576. The Morgan fingerprint density at radius 3 is 2.04 bits per heavy atom. The number of halogens is 1. The summed E-state index contributed by atoms with van der Waals surface area (Å²) in [5.41, 5.74) is 0. The lowest BCUT2D eigenvalue weighted by Crippen LogP contribution is -2.51. The van der Waals surface area contributed by atoms with Crippen molar-refractivity contribution in [3.63, 3.8) is 0 Å². The van der Waals surface area contributed by atoms with E-state index in [1.165, 1.54) is 24.2 Å². The molecule has 0 aromatic carbocycles. The molecular formula is C21H30ClN3O2S. The lowest BCUT2D eigenvalue weighted by Gasteiger charge is -2.43. The van der Waals surface area contributed by atoms with E-state index in [1.54, 1.807) is 6.20 Å². The van der Waals surface area contributed by atoms with Crippen LogP contribution in [0, 0.1) is 17.8 Å². The number of carbonyl (C=O) groups excluding carboxylic acids is 2. The average Bonchev–Trinajstić information content (AvgIpc) is 3.46. The quantitative estimate of drug-likeness (QED) is 0.656. The number of Topliss-reactive ketones (excluding diaryl/α,β-unsaturated/α-hetero) is 1. The fourth-order valence-corrected chi connectivity index (χ4v) is 5.76. The molecule has 3 aliphatic carbocycles. The molecule has 154 valence electrons. The number of aromatic nitrogens is 1. The van der Waals surface area contributed by atoms with Crippen LogP contribution in [-0.4, -0.2) is 33.8 Å². The first-order valence-corrected chi connectivity index (χ1v) is 11.9. The first-order chi connectivity index (χ1) is 13.5. The standard InChI is InChI=1S/C21H30ClN3O2S/c1-13-2-8-16(9-3-13)25(21(27)24-20-23-12-18(22)28-20)17-10-6-15(7-11-17)19(26)14-4-5-14/h12-17H,2-11H2,1H3,(H,23,24,27)/t13-,15?,16-,17?. The smallest absolute Gasteiger partial charge is 0.319 e. The zero-order chi connectivity index (χ0) is 19.7. The third-order valence-corrected chi connectivity index (χ3v) is 7.81. The number of hydrogen-bond acceptors (Lipinski definition) is 4. The van der Waals surface area contributed by atoms with Crippen LogP contribution in [-0.2, 0) is 4.79 Å². The lowest BCUT2D eigenvalue weighted by molar-refractivity contribution is -0.125. The van der Waals surface area contributed by atoms with E-state index in [0.717, 1.165) is 57.3 Å². The number of thiazole rings is 1. The molecule has 0 unspecified atom stereocenters. The summed E-state index contributed by atoms with van der Waals surface area (Å²) in [6, 6.07) is 0.451. The van der Waals surface area contributed by atoms with Gasteiger partial charge in [-0.15, -0.1) is 0 Å². The number of nitrogens with zero attached hydrogens (tertiary/aromatic N) is 2. The molecule has 0 aliphatic heterocycles. The van der Waals surface area contributed by atoms with Crippen LogP contribution in [0.15, 0.2) is 6.20 Å². The SMILES string of the molecule is C[C@H]1CC[C@H](N(C(=O)Nc2ncc(Cl)s2)C2CCC(C(=O)C3CC3)CC2)CC1. The molecule has 7 heteroatoms. The summed E-state index contributed by atoms with van der Waals surface area (Å²) in [5.74, 6) is 1.79. The van der Waals surface area contributed by atoms with Gasteiger partial charge in [-0.3, -0.25) is 10.1 Å². The fraction of sp³-hybridized carbons (Fsp3) is 0.762. The predicted molar refractivity (Wildman–Crippen MR) is 113 cm³/mol. The van der Waals surface area contributed by atoms with E-state index >= 15 is 0 Å². The number of ketones is 1. The summed E-state index contributed by atoms with van der Waals surface area (Å²) in [5, 5.41) is 3.53. The number of nitrogens with one attached hydrogen (secondary N) is 1. The molecule has 3 fully saturated rings. The van der Waals surface area contributed by atoms with Gasteiger partial charge in [-0.25, -0.2) is 9.78 Å². The highest BCUT2D eigenvalue weighted by Crippen LogP contribution is 2.39. The molecular weight excluding hydrogens is 394 g/mol. The van der Waals surface area contributed by atoms with Crippen LogP contribution in [0.2, 0.25) is 4.34 Å². The van der Waals surface area contributed by atoms with Gasteiger partial charge in [0.15, 0.2) is 5.13 Å². The maximum atomic E-state index is 13.2. The normalized spacial score (nSPS) is 30.6. The van der Waals surface area contributed by atoms with E-state index < -0.39 is 0 Å². The van der Waals surface area contributed by atoms with Gasteiger partial charge in [0.05, 0.1) is 6.20 Å². The average molecular weight is 424 g/mol. The Kier molecular flexibility index (Phi) is 6.26. The van der Waals surface area contributed by atoms with Crippen LogP contribution in [0.3, 0.4) is 0 Å². The van der Waals surface area contributed by atoms with E-state index in [4.69, 9.17) is 11.6 Å². The Labute approximate surface area is 176 Å². The van der Waals surface area contributed by atoms with Gasteiger partial charge in [0.1, 0.15) is 10.1 Å². The van der Waals surface area contributed by atoms with Crippen LogP contribution in [0.25, 0.3) is 0 Å². The van der Waals surface area contributed by atoms with Crippen LogP contribution in [0.1, 0.15) is 71.1 Å². The summed E-state index contributed by atoms with van der Waals surface area (Å²) in [4.78, 5) is 31.9. The molecule has 3 aliphatic rings. The Hall–Kier alpha value is -1.14. The maximum absolute atomic E-state index is 13.2. The van der Waals surface area contributed by atoms with Crippen molar-refractivity contribution in [3.8, 4) is 0 Å². The van der Waals surface area contributed by atoms with Crippen molar-refractivity contribution < 1.29 is 9.59 Å². The third kappa shape index (κ3) is 4.70. The summed E-state index contributed by atoms with van der Waals surface area (Å²) >= 11 is 7.26. The van der Waals surface area contributed by atoms with Crippen molar-refractivity contribution in [1.82, 2.24) is 9.88 Å². The van der Waals surface area contributed by atoms with Crippen molar-refractivity contribution in [2.75, 3.05) is 5.32 Å². The van der Waals surface area contributed by atoms with Gasteiger partial charge in [0.25, 0.3) is 0 Å². The van der Waals surface area contributed by atoms with Crippen LogP contribution >= 0.6 is 22.9 Å². The van der Waals surface area contributed by atoms with Gasteiger partial charge in [-0.1, -0.05) is 29.9 Å². The molecule has 0 radical (unpaired) electrons. The molecule has 0 atom stereocenters. The van der Waals surface area contributed by atoms with Gasteiger partial charge < -0.3 is 4.90 Å². The Bertz CT molecular complexity index is 704. The lowest BCUT2D eigenvalue weighted by atomic mass is 9.80. The Balaban J connectivity index is 1.43. The fourth-order valence-electron chi connectivity index (χ4n) is 4.96. The first kappa shape index (κ1) is 20.1. The topological polar surface area (TPSA) is 62.3 Å². The molecule has 4 rings (SSSR count). The van der Waals surface area contributed by atoms with Gasteiger partial charge in [0, 0.05) is 23.9 Å². The molecule has 3 saturated carbocycles. The van der Waals surface area contributed by atoms with Crippen molar-refractivity contribution in [2.24, 2.45) is 17.8 Å². The Morgan fingerprint density at radius 2 is 1.54 bits per heavy atom. The second kappa shape index (κ2) is 8.70. The highest BCUT2D eigenvalue weighted by molar-refractivity contribution is 7.19. The van der Waals surface area contributed by atoms with Crippen LogP contribution in [0.5, 0.6) is 0 Å².